The summed E-state index contributed by atoms with van der Waals surface area (Å²) in [4.78, 5) is 4.24. The van der Waals surface area contributed by atoms with Crippen LogP contribution in [0.5, 0.6) is 0 Å². The van der Waals surface area contributed by atoms with Crippen molar-refractivity contribution >= 4 is 0 Å². The summed E-state index contributed by atoms with van der Waals surface area (Å²) in [5.74, 6) is 0. The number of ether oxygens (including phenoxy) is 1. The molecule has 2 unspecified atom stereocenters. The molecule has 1 aromatic heterocycles. The summed E-state index contributed by atoms with van der Waals surface area (Å²) in [7, 11) is 0. The fourth-order valence-electron chi connectivity index (χ4n) is 1.46. The zero-order chi connectivity index (χ0) is 9.10. The van der Waals surface area contributed by atoms with Gasteiger partial charge in [-0.15, -0.1) is 0 Å². The topological polar surface area (TPSA) is 34.1 Å². The molecule has 1 saturated heterocycles. The minimum Gasteiger partial charge on any atom is -0.356 e. The number of hydrogen-bond donors (Lipinski definition) is 1. The Kier molecular flexibility index (Phi) is 2.57. The van der Waals surface area contributed by atoms with E-state index < -0.39 is 0 Å². The third-order valence-electron chi connectivity index (χ3n) is 2.30. The van der Waals surface area contributed by atoms with E-state index in [0.717, 1.165) is 18.7 Å². The van der Waals surface area contributed by atoms with Crippen molar-refractivity contribution in [2.75, 3.05) is 6.61 Å². The number of aromatic nitrogens is 1. The Morgan fingerprint density at radius 1 is 1.62 bits per heavy atom. The van der Waals surface area contributed by atoms with Crippen molar-refractivity contribution in [3.63, 3.8) is 0 Å². The maximum absolute atomic E-state index is 5.57. The van der Waals surface area contributed by atoms with Crippen molar-refractivity contribution in [2.45, 2.75) is 25.6 Å². The van der Waals surface area contributed by atoms with E-state index in [1.165, 1.54) is 0 Å². The Hall–Kier alpha value is -0.930. The van der Waals surface area contributed by atoms with Crippen LogP contribution < -0.4 is 5.32 Å². The number of nitrogens with one attached hydrogen (secondary N) is 1. The van der Waals surface area contributed by atoms with Gasteiger partial charge in [-0.1, -0.05) is 13.0 Å². The van der Waals surface area contributed by atoms with E-state index in [4.69, 9.17) is 4.74 Å². The van der Waals surface area contributed by atoms with Crippen molar-refractivity contribution in [3.8, 4) is 0 Å². The van der Waals surface area contributed by atoms with E-state index in [-0.39, 0.29) is 6.23 Å². The lowest BCUT2D eigenvalue weighted by atomic mass is 10.2. The van der Waals surface area contributed by atoms with E-state index >= 15 is 0 Å². The first-order valence-electron chi connectivity index (χ1n) is 4.68. The third-order valence-corrected chi connectivity index (χ3v) is 2.30. The van der Waals surface area contributed by atoms with E-state index in [2.05, 4.69) is 17.2 Å². The van der Waals surface area contributed by atoms with Crippen molar-refractivity contribution in [2.24, 2.45) is 0 Å². The van der Waals surface area contributed by atoms with E-state index in [9.17, 15) is 0 Å². The molecule has 0 bridgehead atoms. The monoisotopic (exact) mass is 178 g/mol. The lowest BCUT2D eigenvalue weighted by molar-refractivity contribution is 0.0973. The van der Waals surface area contributed by atoms with Gasteiger partial charge < -0.3 is 4.74 Å². The van der Waals surface area contributed by atoms with Gasteiger partial charge in [0.05, 0.1) is 12.3 Å². The summed E-state index contributed by atoms with van der Waals surface area (Å²) in [6, 6.07) is 6.35. The first-order chi connectivity index (χ1) is 6.40. The molecule has 3 heteroatoms. The van der Waals surface area contributed by atoms with Crippen LogP contribution in [-0.2, 0) is 4.74 Å². The lowest BCUT2D eigenvalue weighted by Gasteiger charge is -2.09. The molecule has 70 valence electrons. The molecule has 1 aromatic rings. The van der Waals surface area contributed by atoms with Crippen molar-refractivity contribution in [3.05, 3.63) is 30.1 Å². The van der Waals surface area contributed by atoms with Crippen LogP contribution in [0.2, 0.25) is 0 Å². The van der Waals surface area contributed by atoms with Crippen molar-refractivity contribution in [1.29, 1.82) is 0 Å². The fraction of sp³-hybridized carbons (Fsp3) is 0.500. The van der Waals surface area contributed by atoms with Gasteiger partial charge in [-0.3, -0.25) is 10.3 Å². The molecule has 0 spiro atoms. The molecule has 1 aliphatic heterocycles. The van der Waals surface area contributed by atoms with Gasteiger partial charge in [-0.2, -0.15) is 0 Å². The molecule has 2 heterocycles. The summed E-state index contributed by atoms with van der Waals surface area (Å²) >= 11 is 0. The average Bonchev–Trinajstić information content (AvgIpc) is 2.67. The Morgan fingerprint density at radius 2 is 2.54 bits per heavy atom. The van der Waals surface area contributed by atoms with E-state index in [1.807, 2.05) is 18.2 Å². The van der Waals surface area contributed by atoms with Crippen LogP contribution in [0, 0.1) is 0 Å². The second kappa shape index (κ2) is 3.85. The first kappa shape index (κ1) is 8.66. The highest BCUT2D eigenvalue weighted by Gasteiger charge is 2.24. The first-order valence-corrected chi connectivity index (χ1v) is 4.68. The molecule has 1 N–H and O–H groups in total. The molecule has 3 nitrogen and oxygen atoms in total. The normalized spacial score (nSPS) is 27.8. The van der Waals surface area contributed by atoms with Crippen LogP contribution in [0.3, 0.4) is 0 Å². The average molecular weight is 178 g/mol. The number of rotatable bonds is 2. The Labute approximate surface area is 78.1 Å². The van der Waals surface area contributed by atoms with E-state index in [0.29, 0.717) is 6.04 Å². The minimum atomic E-state index is -0.00819. The molecule has 0 radical (unpaired) electrons. The predicted molar refractivity (Wildman–Crippen MR) is 50.1 cm³/mol. The summed E-state index contributed by atoms with van der Waals surface area (Å²) < 4.78 is 5.57. The maximum atomic E-state index is 5.57. The zero-order valence-corrected chi connectivity index (χ0v) is 7.73. The molecular formula is C10H14N2O. The van der Waals surface area contributed by atoms with Crippen molar-refractivity contribution < 1.29 is 4.74 Å². The van der Waals surface area contributed by atoms with Crippen LogP contribution in [-0.4, -0.2) is 17.6 Å². The summed E-state index contributed by atoms with van der Waals surface area (Å²) in [6.45, 7) is 2.94. The van der Waals surface area contributed by atoms with E-state index in [1.54, 1.807) is 6.20 Å². The number of nitrogens with zero attached hydrogens (tertiary/aromatic N) is 1. The van der Waals surface area contributed by atoms with Crippen LogP contribution in [0.4, 0.5) is 0 Å². The van der Waals surface area contributed by atoms with Gasteiger partial charge in [0.25, 0.3) is 0 Å². The zero-order valence-electron chi connectivity index (χ0n) is 7.73. The highest BCUT2D eigenvalue weighted by molar-refractivity contribution is 5.07. The molecule has 0 aliphatic carbocycles. The highest BCUT2D eigenvalue weighted by Crippen LogP contribution is 2.18. The van der Waals surface area contributed by atoms with Gasteiger partial charge in [-0.25, -0.2) is 0 Å². The highest BCUT2D eigenvalue weighted by atomic mass is 16.5. The van der Waals surface area contributed by atoms with Gasteiger partial charge >= 0.3 is 0 Å². The molecule has 1 aliphatic rings. The number of hydrogen-bond acceptors (Lipinski definition) is 3. The fourth-order valence-corrected chi connectivity index (χ4v) is 1.46. The molecule has 13 heavy (non-hydrogen) atoms. The second-order valence-electron chi connectivity index (χ2n) is 3.24. The molecular weight excluding hydrogens is 164 g/mol. The van der Waals surface area contributed by atoms with Gasteiger partial charge in [0.1, 0.15) is 0 Å². The third kappa shape index (κ3) is 1.87. The maximum Gasteiger partial charge on any atom is 0.151 e. The minimum absolute atomic E-state index is 0.00819. The van der Waals surface area contributed by atoms with Gasteiger partial charge in [0.2, 0.25) is 0 Å². The number of pyridine rings is 1. The largest absolute Gasteiger partial charge is 0.356 e. The van der Waals surface area contributed by atoms with Crippen molar-refractivity contribution in [1.82, 2.24) is 10.3 Å². The van der Waals surface area contributed by atoms with Gasteiger partial charge in [0.15, 0.2) is 6.23 Å². The molecule has 2 rings (SSSR count). The Morgan fingerprint density at radius 3 is 3.15 bits per heavy atom. The van der Waals surface area contributed by atoms with Crippen LogP contribution in [0.1, 0.15) is 25.3 Å². The molecule has 0 aromatic carbocycles. The summed E-state index contributed by atoms with van der Waals surface area (Å²) in [5, 5.41) is 3.37. The van der Waals surface area contributed by atoms with Crippen LogP contribution >= 0.6 is 0 Å². The summed E-state index contributed by atoms with van der Waals surface area (Å²) in [5.41, 5.74) is 0.971. The summed E-state index contributed by atoms with van der Waals surface area (Å²) in [6.07, 6.45) is 2.88. The Bertz CT molecular complexity index is 263. The van der Waals surface area contributed by atoms with Crippen LogP contribution in [0.25, 0.3) is 0 Å². The quantitative estimate of drug-likeness (QED) is 0.744. The second-order valence-corrected chi connectivity index (χ2v) is 3.24. The molecule has 0 saturated carbocycles. The lowest BCUT2D eigenvalue weighted by Crippen LogP contribution is -2.25. The Balaban J connectivity index is 2.04. The smallest absolute Gasteiger partial charge is 0.151 e. The van der Waals surface area contributed by atoms with Crippen LogP contribution in [0.15, 0.2) is 24.4 Å². The van der Waals surface area contributed by atoms with Gasteiger partial charge in [0, 0.05) is 12.2 Å². The molecule has 2 atom stereocenters. The predicted octanol–water partition coefficient (Wildman–Crippen LogP) is 1.48. The SMILES string of the molecule is CCC1COC(c2ccccn2)N1. The molecule has 0 amide bonds. The van der Waals surface area contributed by atoms with Gasteiger partial charge in [-0.05, 0) is 18.6 Å². The standard InChI is InChI=1S/C10H14N2O/c1-2-8-7-13-10(12-8)9-5-3-4-6-11-9/h3-6,8,10,12H,2,7H2,1H3. The molecule has 1 fully saturated rings.